The minimum Gasteiger partial charge on any atom is -0.330 e. The lowest BCUT2D eigenvalue weighted by Gasteiger charge is -2.19. The number of hydrogen-bond donors (Lipinski definition) is 1. The van der Waals surface area contributed by atoms with Gasteiger partial charge in [0.2, 0.25) is 0 Å². The minimum absolute atomic E-state index is 0.560. The molecule has 0 heterocycles. The van der Waals surface area contributed by atoms with Gasteiger partial charge >= 0.3 is 0 Å². The molecule has 0 radical (unpaired) electrons. The first-order chi connectivity index (χ1) is 4.74. The van der Waals surface area contributed by atoms with Crippen LogP contribution < -0.4 is 5.73 Å². The second-order valence-electron chi connectivity index (χ2n) is 2.50. The fourth-order valence-electron chi connectivity index (χ4n) is 0.808. The average Bonchev–Trinajstić information content (AvgIpc) is 1.99. The van der Waals surface area contributed by atoms with Crippen molar-refractivity contribution < 1.29 is 4.84 Å². The SMILES string of the molecule is CCC(CN)CN(C)OC. The molecule has 0 aromatic rings. The molecule has 3 heteroatoms. The van der Waals surface area contributed by atoms with Crippen LogP contribution in [0.2, 0.25) is 0 Å². The Balaban J connectivity index is 3.41. The van der Waals surface area contributed by atoms with Gasteiger partial charge in [-0.1, -0.05) is 13.3 Å². The normalized spacial score (nSPS) is 14.1. The number of rotatable bonds is 5. The van der Waals surface area contributed by atoms with E-state index >= 15 is 0 Å². The van der Waals surface area contributed by atoms with Gasteiger partial charge in [0, 0.05) is 13.6 Å². The van der Waals surface area contributed by atoms with Gasteiger partial charge in [0.15, 0.2) is 0 Å². The molecule has 0 aliphatic rings. The summed E-state index contributed by atoms with van der Waals surface area (Å²) in [5, 5.41) is 1.81. The van der Waals surface area contributed by atoms with Crippen LogP contribution in [0, 0.1) is 5.92 Å². The van der Waals surface area contributed by atoms with Crippen LogP contribution in [0.3, 0.4) is 0 Å². The zero-order valence-electron chi connectivity index (χ0n) is 7.13. The zero-order chi connectivity index (χ0) is 7.98. The maximum absolute atomic E-state index is 5.50. The Morgan fingerprint density at radius 1 is 1.60 bits per heavy atom. The highest BCUT2D eigenvalue weighted by Gasteiger charge is 2.05. The lowest BCUT2D eigenvalue weighted by molar-refractivity contribution is -0.117. The minimum atomic E-state index is 0.560. The molecule has 10 heavy (non-hydrogen) atoms. The van der Waals surface area contributed by atoms with E-state index < -0.39 is 0 Å². The van der Waals surface area contributed by atoms with Crippen molar-refractivity contribution in [1.82, 2.24) is 5.06 Å². The second kappa shape index (κ2) is 5.65. The number of hydrogen-bond acceptors (Lipinski definition) is 3. The van der Waals surface area contributed by atoms with E-state index in [4.69, 9.17) is 10.6 Å². The summed E-state index contributed by atoms with van der Waals surface area (Å²) in [5.74, 6) is 0.560. The topological polar surface area (TPSA) is 38.5 Å². The van der Waals surface area contributed by atoms with E-state index in [0.29, 0.717) is 5.92 Å². The van der Waals surface area contributed by atoms with Crippen LogP contribution in [-0.4, -0.2) is 32.3 Å². The van der Waals surface area contributed by atoms with Crippen molar-refractivity contribution in [2.75, 3.05) is 27.2 Å². The summed E-state index contributed by atoms with van der Waals surface area (Å²) in [4.78, 5) is 4.96. The predicted molar refractivity (Wildman–Crippen MR) is 42.5 cm³/mol. The average molecular weight is 146 g/mol. The Bertz CT molecular complexity index is 74.0. The van der Waals surface area contributed by atoms with Gasteiger partial charge in [0.25, 0.3) is 0 Å². The van der Waals surface area contributed by atoms with Crippen LogP contribution in [0.1, 0.15) is 13.3 Å². The van der Waals surface area contributed by atoms with E-state index in [2.05, 4.69) is 6.92 Å². The lowest BCUT2D eigenvalue weighted by Crippen LogP contribution is -2.28. The van der Waals surface area contributed by atoms with E-state index in [1.807, 2.05) is 7.05 Å². The molecule has 0 amide bonds. The third kappa shape index (κ3) is 3.82. The van der Waals surface area contributed by atoms with Crippen LogP contribution in [-0.2, 0) is 4.84 Å². The monoisotopic (exact) mass is 146 g/mol. The van der Waals surface area contributed by atoms with Crippen LogP contribution in [0.4, 0.5) is 0 Å². The third-order valence-corrected chi connectivity index (χ3v) is 1.74. The highest BCUT2D eigenvalue weighted by Crippen LogP contribution is 2.01. The molecular formula is C7H18N2O. The van der Waals surface area contributed by atoms with E-state index in [1.54, 1.807) is 12.2 Å². The van der Waals surface area contributed by atoms with Crippen molar-refractivity contribution in [2.24, 2.45) is 11.7 Å². The molecule has 0 aliphatic carbocycles. The quantitative estimate of drug-likeness (QED) is 0.573. The smallest absolute Gasteiger partial charge is 0.0575 e. The predicted octanol–water partition coefficient (Wildman–Crippen LogP) is 0.464. The van der Waals surface area contributed by atoms with Gasteiger partial charge in [0.05, 0.1) is 7.11 Å². The van der Waals surface area contributed by atoms with E-state index in [9.17, 15) is 0 Å². The molecule has 0 saturated heterocycles. The van der Waals surface area contributed by atoms with E-state index in [0.717, 1.165) is 19.5 Å². The first kappa shape index (κ1) is 9.88. The largest absolute Gasteiger partial charge is 0.330 e. The van der Waals surface area contributed by atoms with Gasteiger partial charge in [-0.25, -0.2) is 0 Å². The van der Waals surface area contributed by atoms with Gasteiger partial charge in [-0.2, -0.15) is 5.06 Å². The van der Waals surface area contributed by atoms with Crippen molar-refractivity contribution in [2.45, 2.75) is 13.3 Å². The molecular weight excluding hydrogens is 128 g/mol. The molecule has 0 aromatic heterocycles. The summed E-state index contributed by atoms with van der Waals surface area (Å²) in [6.07, 6.45) is 1.12. The first-order valence-corrected chi connectivity index (χ1v) is 3.69. The van der Waals surface area contributed by atoms with Crippen molar-refractivity contribution in [1.29, 1.82) is 0 Å². The van der Waals surface area contributed by atoms with Gasteiger partial charge in [-0.15, -0.1) is 0 Å². The molecule has 62 valence electrons. The van der Waals surface area contributed by atoms with Crippen LogP contribution in [0.15, 0.2) is 0 Å². The van der Waals surface area contributed by atoms with E-state index in [1.165, 1.54) is 0 Å². The molecule has 0 fully saturated rings. The maximum Gasteiger partial charge on any atom is 0.0575 e. The first-order valence-electron chi connectivity index (χ1n) is 3.69. The number of nitrogens with two attached hydrogens (primary N) is 1. The molecule has 1 atom stereocenters. The molecule has 0 saturated carbocycles. The standard InChI is InChI=1S/C7H18N2O/c1-4-7(5-8)6-9(2)10-3/h7H,4-6,8H2,1-3H3. The highest BCUT2D eigenvalue weighted by atomic mass is 16.7. The Labute approximate surface area is 63.1 Å². The molecule has 1 unspecified atom stereocenters. The van der Waals surface area contributed by atoms with Crippen LogP contribution in [0.25, 0.3) is 0 Å². The van der Waals surface area contributed by atoms with Gasteiger partial charge in [-0.3, -0.25) is 0 Å². The number of hydroxylamine groups is 2. The van der Waals surface area contributed by atoms with Gasteiger partial charge in [-0.05, 0) is 12.5 Å². The molecule has 3 nitrogen and oxygen atoms in total. The Hall–Kier alpha value is -0.120. The summed E-state index contributed by atoms with van der Waals surface area (Å²) >= 11 is 0. The fourth-order valence-corrected chi connectivity index (χ4v) is 0.808. The van der Waals surface area contributed by atoms with Gasteiger partial charge < -0.3 is 10.6 Å². The van der Waals surface area contributed by atoms with Gasteiger partial charge in [0.1, 0.15) is 0 Å². The van der Waals surface area contributed by atoms with Crippen LogP contribution in [0.5, 0.6) is 0 Å². The number of nitrogens with zero attached hydrogens (tertiary/aromatic N) is 1. The van der Waals surface area contributed by atoms with Crippen molar-refractivity contribution in [3.8, 4) is 0 Å². The fraction of sp³-hybridized carbons (Fsp3) is 1.00. The second-order valence-corrected chi connectivity index (χ2v) is 2.50. The molecule has 0 bridgehead atoms. The Kier molecular flexibility index (Phi) is 5.58. The van der Waals surface area contributed by atoms with Crippen molar-refractivity contribution in [3.63, 3.8) is 0 Å². The highest BCUT2D eigenvalue weighted by molar-refractivity contribution is 4.58. The zero-order valence-corrected chi connectivity index (χ0v) is 7.13. The third-order valence-electron chi connectivity index (χ3n) is 1.74. The summed E-state index contributed by atoms with van der Waals surface area (Å²) in [5.41, 5.74) is 5.50. The molecule has 2 N–H and O–H groups in total. The maximum atomic E-state index is 5.50. The van der Waals surface area contributed by atoms with Crippen molar-refractivity contribution >= 4 is 0 Å². The molecule has 0 aromatic carbocycles. The molecule has 0 spiro atoms. The summed E-state index contributed by atoms with van der Waals surface area (Å²) in [6.45, 7) is 3.80. The summed E-state index contributed by atoms with van der Waals surface area (Å²) in [7, 11) is 3.58. The summed E-state index contributed by atoms with van der Waals surface area (Å²) < 4.78 is 0. The van der Waals surface area contributed by atoms with Crippen molar-refractivity contribution in [3.05, 3.63) is 0 Å². The van der Waals surface area contributed by atoms with E-state index in [-0.39, 0.29) is 0 Å². The Morgan fingerprint density at radius 2 is 2.20 bits per heavy atom. The molecule has 0 aliphatic heterocycles. The van der Waals surface area contributed by atoms with Crippen LogP contribution >= 0.6 is 0 Å². The Morgan fingerprint density at radius 3 is 2.50 bits per heavy atom. The summed E-state index contributed by atoms with van der Waals surface area (Å²) in [6, 6.07) is 0. The lowest BCUT2D eigenvalue weighted by atomic mass is 10.1. The molecule has 0 rings (SSSR count).